The molecule has 8 heteroatoms. The first-order valence-corrected chi connectivity index (χ1v) is 3.63. The van der Waals surface area contributed by atoms with Gasteiger partial charge in [-0.1, -0.05) is 0 Å². The van der Waals surface area contributed by atoms with Crippen LogP contribution in [0.1, 0.15) is 6.92 Å². The number of amides is 3. The predicted octanol–water partition coefficient (Wildman–Crippen LogP) is -1.82. The van der Waals surface area contributed by atoms with E-state index in [0.29, 0.717) is 0 Å². The van der Waals surface area contributed by atoms with Gasteiger partial charge in [-0.3, -0.25) is 9.63 Å². The van der Waals surface area contributed by atoms with Crippen molar-refractivity contribution in [2.45, 2.75) is 13.0 Å². The summed E-state index contributed by atoms with van der Waals surface area (Å²) in [4.78, 5) is 35.4. The third kappa shape index (κ3) is 5.77. The van der Waals surface area contributed by atoms with Gasteiger partial charge in [-0.15, -0.1) is 0 Å². The zero-order valence-corrected chi connectivity index (χ0v) is 7.44. The summed E-state index contributed by atoms with van der Waals surface area (Å²) in [6.07, 6.45) is 0. The largest absolute Gasteiger partial charge is 0.479 e. The summed E-state index contributed by atoms with van der Waals surface area (Å²) in [5.74, 6) is -1.94. The Hall–Kier alpha value is -1.83. The molecule has 0 aromatic rings. The Labute approximate surface area is 79.3 Å². The number of carboxylic acids is 1. The van der Waals surface area contributed by atoms with E-state index in [0.717, 1.165) is 0 Å². The first-order valence-electron chi connectivity index (χ1n) is 3.63. The Morgan fingerprint density at radius 2 is 2.07 bits per heavy atom. The summed E-state index contributed by atoms with van der Waals surface area (Å²) < 4.78 is 0. The van der Waals surface area contributed by atoms with Gasteiger partial charge in [0, 0.05) is 0 Å². The molecule has 0 heterocycles. The second-order valence-electron chi connectivity index (χ2n) is 2.38. The number of primary amides is 1. The van der Waals surface area contributed by atoms with E-state index >= 15 is 0 Å². The average molecular weight is 205 g/mol. The van der Waals surface area contributed by atoms with E-state index in [-0.39, 0.29) is 0 Å². The fourth-order valence-corrected chi connectivity index (χ4v) is 0.461. The predicted molar refractivity (Wildman–Crippen MR) is 43.9 cm³/mol. The smallest absolute Gasteiger partial charge is 0.339 e. The van der Waals surface area contributed by atoms with Gasteiger partial charge in [0.05, 0.1) is 0 Å². The molecule has 1 atom stereocenters. The molecule has 1 unspecified atom stereocenters. The van der Waals surface area contributed by atoms with E-state index in [2.05, 4.69) is 10.2 Å². The lowest BCUT2D eigenvalue weighted by molar-refractivity contribution is -0.144. The van der Waals surface area contributed by atoms with Gasteiger partial charge in [-0.25, -0.2) is 15.1 Å². The molecule has 0 rings (SSSR count). The highest BCUT2D eigenvalue weighted by Crippen LogP contribution is 1.78. The lowest BCUT2D eigenvalue weighted by Crippen LogP contribution is -2.47. The molecular weight excluding hydrogens is 194 g/mol. The van der Waals surface area contributed by atoms with Crippen molar-refractivity contribution in [2.75, 3.05) is 6.61 Å². The Morgan fingerprint density at radius 3 is 2.50 bits per heavy atom. The highest BCUT2D eigenvalue weighted by Gasteiger charge is 2.11. The molecule has 0 spiro atoms. The second kappa shape index (κ2) is 5.75. The minimum Gasteiger partial charge on any atom is -0.479 e. The van der Waals surface area contributed by atoms with Gasteiger partial charge in [-0.2, -0.15) is 0 Å². The van der Waals surface area contributed by atoms with Crippen LogP contribution in [0.2, 0.25) is 0 Å². The fraction of sp³-hybridized carbons (Fsp3) is 0.500. The molecule has 0 aliphatic heterocycles. The number of rotatable bonds is 5. The van der Waals surface area contributed by atoms with Crippen LogP contribution in [0.15, 0.2) is 0 Å². The van der Waals surface area contributed by atoms with Crippen molar-refractivity contribution >= 4 is 17.9 Å². The van der Waals surface area contributed by atoms with E-state index in [1.165, 1.54) is 6.92 Å². The maximum atomic E-state index is 10.8. The van der Waals surface area contributed by atoms with Crippen LogP contribution in [0, 0.1) is 0 Å². The molecule has 5 N–H and O–H groups in total. The van der Waals surface area contributed by atoms with Crippen molar-refractivity contribution < 1.29 is 24.3 Å². The number of carboxylic acid groups (broad SMARTS) is 1. The van der Waals surface area contributed by atoms with Crippen molar-refractivity contribution in [3.05, 3.63) is 0 Å². The van der Waals surface area contributed by atoms with E-state index in [9.17, 15) is 14.4 Å². The number of nitrogens with two attached hydrogens (primary N) is 1. The number of nitrogens with one attached hydrogen (secondary N) is 2. The highest BCUT2D eigenvalue weighted by molar-refractivity contribution is 5.85. The fourth-order valence-electron chi connectivity index (χ4n) is 0.461. The first kappa shape index (κ1) is 12.2. The molecule has 0 saturated heterocycles. The topological polar surface area (TPSA) is 131 Å². The quantitative estimate of drug-likeness (QED) is 0.392. The molecule has 0 aromatic heterocycles. The summed E-state index contributed by atoms with van der Waals surface area (Å²) in [5.41, 5.74) is 6.61. The summed E-state index contributed by atoms with van der Waals surface area (Å²) in [7, 11) is 0. The van der Waals surface area contributed by atoms with Gasteiger partial charge in [0.15, 0.2) is 6.61 Å². The van der Waals surface area contributed by atoms with Crippen LogP contribution in [0.3, 0.4) is 0 Å². The Kier molecular flexibility index (Phi) is 5.00. The van der Waals surface area contributed by atoms with Crippen molar-refractivity contribution in [1.82, 2.24) is 10.8 Å². The molecule has 0 aliphatic carbocycles. The van der Waals surface area contributed by atoms with Crippen LogP contribution < -0.4 is 16.5 Å². The number of urea groups is 1. The summed E-state index contributed by atoms with van der Waals surface area (Å²) >= 11 is 0. The minimum absolute atomic E-state index is 0.668. The number of aliphatic carboxylic acids is 1. The summed E-state index contributed by atoms with van der Waals surface area (Å²) in [5, 5.41) is 10.2. The van der Waals surface area contributed by atoms with E-state index in [1.54, 1.807) is 5.48 Å². The molecule has 0 bridgehead atoms. The van der Waals surface area contributed by atoms with Crippen molar-refractivity contribution in [3.63, 3.8) is 0 Å². The van der Waals surface area contributed by atoms with Crippen LogP contribution in [-0.2, 0) is 14.4 Å². The average Bonchev–Trinajstić information content (AvgIpc) is 2.02. The SMILES string of the molecule is CC(NC(=O)NOCC(=O)O)C(N)=O. The van der Waals surface area contributed by atoms with Crippen LogP contribution in [-0.4, -0.2) is 35.7 Å². The third-order valence-corrected chi connectivity index (χ3v) is 1.13. The molecule has 0 aliphatic rings. The molecule has 0 radical (unpaired) electrons. The normalized spacial score (nSPS) is 11.5. The third-order valence-electron chi connectivity index (χ3n) is 1.13. The van der Waals surface area contributed by atoms with Crippen molar-refractivity contribution in [3.8, 4) is 0 Å². The first-order chi connectivity index (χ1) is 6.43. The highest BCUT2D eigenvalue weighted by atomic mass is 16.7. The van der Waals surface area contributed by atoms with Gasteiger partial charge in [0.25, 0.3) is 0 Å². The molecule has 14 heavy (non-hydrogen) atoms. The number of carbonyl (C=O) groups excluding carboxylic acids is 2. The molecule has 3 amide bonds. The monoisotopic (exact) mass is 205 g/mol. The maximum absolute atomic E-state index is 10.8. The van der Waals surface area contributed by atoms with Gasteiger partial charge in [0.1, 0.15) is 6.04 Å². The van der Waals surface area contributed by atoms with Gasteiger partial charge in [-0.05, 0) is 6.92 Å². The van der Waals surface area contributed by atoms with Crippen LogP contribution in [0.5, 0.6) is 0 Å². The van der Waals surface area contributed by atoms with Crippen molar-refractivity contribution in [1.29, 1.82) is 0 Å². The minimum atomic E-state index is -1.23. The lowest BCUT2D eigenvalue weighted by atomic mass is 10.3. The Balaban J connectivity index is 3.65. The number of hydrogen-bond acceptors (Lipinski definition) is 4. The van der Waals surface area contributed by atoms with Crippen LogP contribution >= 0.6 is 0 Å². The van der Waals surface area contributed by atoms with Crippen LogP contribution in [0.25, 0.3) is 0 Å². The van der Waals surface area contributed by atoms with Gasteiger partial charge < -0.3 is 16.2 Å². The zero-order valence-electron chi connectivity index (χ0n) is 7.44. The summed E-state index contributed by atoms with van der Waals surface area (Å²) in [6.45, 7) is 0.706. The Morgan fingerprint density at radius 1 is 1.50 bits per heavy atom. The molecule has 80 valence electrons. The van der Waals surface area contributed by atoms with Gasteiger partial charge >= 0.3 is 12.0 Å². The lowest BCUT2D eigenvalue weighted by Gasteiger charge is -2.10. The second-order valence-corrected chi connectivity index (χ2v) is 2.38. The molecule has 8 nitrogen and oxygen atoms in total. The standard InChI is InChI=1S/C6H11N3O5/c1-3(5(7)12)8-6(13)9-14-2-4(10)11/h3H,2H2,1H3,(H2,7,12)(H,10,11)(H2,8,9,13). The molecule has 0 saturated carbocycles. The number of hydroxylamine groups is 1. The maximum Gasteiger partial charge on any atom is 0.339 e. The van der Waals surface area contributed by atoms with E-state index in [1.807, 2.05) is 0 Å². The van der Waals surface area contributed by atoms with E-state index in [4.69, 9.17) is 10.8 Å². The molecule has 0 fully saturated rings. The summed E-state index contributed by atoms with van der Waals surface area (Å²) in [6, 6.07) is -1.69. The van der Waals surface area contributed by atoms with Crippen molar-refractivity contribution in [2.24, 2.45) is 5.73 Å². The van der Waals surface area contributed by atoms with Gasteiger partial charge in [0.2, 0.25) is 5.91 Å². The number of carbonyl (C=O) groups is 3. The zero-order chi connectivity index (χ0) is 11.1. The Bertz CT molecular complexity index is 242. The molecular formula is C6H11N3O5. The van der Waals surface area contributed by atoms with E-state index < -0.39 is 30.6 Å². The van der Waals surface area contributed by atoms with Crippen LogP contribution in [0.4, 0.5) is 4.79 Å². The molecule has 0 aromatic carbocycles. The number of hydrogen-bond donors (Lipinski definition) is 4.